The monoisotopic (exact) mass is 487 g/mol. The average molecular weight is 488 g/mol. The fourth-order valence-electron chi connectivity index (χ4n) is 6.34. The molecule has 1 unspecified atom stereocenters. The maximum atomic E-state index is 12.4. The first-order valence-electron chi connectivity index (χ1n) is 13.4. The third kappa shape index (κ3) is 4.21. The van der Waals surface area contributed by atoms with Crippen LogP contribution in [-0.2, 0) is 0 Å². The highest BCUT2D eigenvalue weighted by atomic mass is 16.1. The Morgan fingerprint density at radius 3 is 2.62 bits per heavy atom. The molecule has 1 fully saturated rings. The van der Waals surface area contributed by atoms with Crippen molar-refractivity contribution in [1.82, 2.24) is 9.55 Å². The summed E-state index contributed by atoms with van der Waals surface area (Å²) in [7, 11) is 0. The summed E-state index contributed by atoms with van der Waals surface area (Å²) in [6.07, 6.45) is 10.5. The molecule has 2 heterocycles. The first kappa shape index (κ1) is 23.5. The lowest BCUT2D eigenvalue weighted by atomic mass is 9.76. The molecule has 5 aromatic rings. The lowest BCUT2D eigenvalue weighted by Crippen LogP contribution is -2.20. The molecule has 1 atom stereocenters. The van der Waals surface area contributed by atoms with Crippen LogP contribution >= 0.6 is 0 Å². The molecule has 2 aromatic heterocycles. The van der Waals surface area contributed by atoms with E-state index in [4.69, 9.17) is 10.7 Å². The number of fused-ring (bicyclic) bond motifs is 2. The van der Waals surface area contributed by atoms with Gasteiger partial charge in [0, 0.05) is 40.0 Å². The second-order valence-electron chi connectivity index (χ2n) is 10.6. The number of benzene rings is 3. The summed E-state index contributed by atoms with van der Waals surface area (Å²) in [5.74, 6) is 0.547. The molecule has 1 aliphatic carbocycles. The minimum Gasteiger partial charge on any atom is -0.366 e. The van der Waals surface area contributed by atoms with Gasteiger partial charge >= 0.3 is 0 Å². The minimum absolute atomic E-state index is 0.296. The number of nitrogens with zero attached hydrogens (tertiary/aromatic N) is 2. The second-order valence-corrected chi connectivity index (χ2v) is 10.6. The largest absolute Gasteiger partial charge is 0.366 e. The highest BCUT2D eigenvalue weighted by molar-refractivity contribution is 6.00. The van der Waals surface area contributed by atoms with Gasteiger partial charge in [0.2, 0.25) is 5.91 Å². The number of nitrogens with two attached hydrogens (primary N) is 1. The van der Waals surface area contributed by atoms with E-state index in [1.54, 1.807) is 0 Å². The van der Waals surface area contributed by atoms with Crippen LogP contribution in [0.4, 0.5) is 0 Å². The van der Waals surface area contributed by atoms with Gasteiger partial charge in [0.1, 0.15) is 0 Å². The van der Waals surface area contributed by atoms with Crippen molar-refractivity contribution in [3.8, 4) is 16.8 Å². The molecular formula is C33H33N3O. The Labute approximate surface area is 218 Å². The molecule has 0 radical (unpaired) electrons. The number of primary amides is 1. The Morgan fingerprint density at radius 2 is 1.81 bits per heavy atom. The third-order valence-electron chi connectivity index (χ3n) is 8.35. The summed E-state index contributed by atoms with van der Waals surface area (Å²) >= 11 is 0. The second kappa shape index (κ2) is 9.51. The molecule has 1 saturated carbocycles. The number of aromatic nitrogens is 2. The van der Waals surface area contributed by atoms with Crippen LogP contribution in [0.15, 0.2) is 79.1 Å². The molecule has 3 aromatic carbocycles. The van der Waals surface area contributed by atoms with Crippen molar-refractivity contribution in [2.45, 2.75) is 51.9 Å². The van der Waals surface area contributed by atoms with Crippen LogP contribution in [0.5, 0.6) is 0 Å². The first-order chi connectivity index (χ1) is 18.0. The Bertz CT molecular complexity index is 1620. The van der Waals surface area contributed by atoms with Crippen molar-refractivity contribution in [1.29, 1.82) is 0 Å². The van der Waals surface area contributed by atoms with Gasteiger partial charge in [-0.2, -0.15) is 0 Å². The van der Waals surface area contributed by atoms with E-state index in [2.05, 4.69) is 67.1 Å². The zero-order valence-electron chi connectivity index (χ0n) is 21.6. The maximum Gasteiger partial charge on any atom is 0.248 e. The van der Waals surface area contributed by atoms with Gasteiger partial charge in [-0.25, -0.2) is 0 Å². The van der Waals surface area contributed by atoms with Gasteiger partial charge in [-0.05, 0) is 84.7 Å². The SMILES string of the molecule is Cc1cn(-c2ccc(C(N)=O)c(C(C)C3CCCCC3)c2)c2cccc(-c3cnc4ccccc4c3)c12. The van der Waals surface area contributed by atoms with Crippen molar-refractivity contribution in [2.75, 3.05) is 0 Å². The van der Waals surface area contributed by atoms with E-state index < -0.39 is 0 Å². The average Bonchev–Trinajstić information content (AvgIpc) is 3.29. The van der Waals surface area contributed by atoms with Gasteiger partial charge in [0.05, 0.1) is 11.0 Å². The molecule has 0 aliphatic heterocycles. The van der Waals surface area contributed by atoms with E-state index in [1.807, 2.05) is 30.5 Å². The number of carbonyl (C=O) groups is 1. The van der Waals surface area contributed by atoms with Crippen molar-refractivity contribution in [2.24, 2.45) is 11.7 Å². The van der Waals surface area contributed by atoms with Crippen molar-refractivity contribution >= 4 is 27.7 Å². The van der Waals surface area contributed by atoms with Crippen molar-refractivity contribution in [3.63, 3.8) is 0 Å². The summed E-state index contributed by atoms with van der Waals surface area (Å²) in [5.41, 5.74) is 14.3. The standard InChI is InChI=1S/C33H33N3O/c1-21-20-36(26-15-16-28(33(34)37)29(18-26)22(2)23-9-4-3-5-10-23)31-14-8-12-27(32(21)31)25-17-24-11-6-7-13-30(24)35-19-25/h6-8,11-20,22-23H,3-5,9-10H2,1-2H3,(H2,34,37). The number of rotatable bonds is 5. The fourth-order valence-corrected chi connectivity index (χ4v) is 6.34. The zero-order chi connectivity index (χ0) is 25.5. The molecule has 2 N–H and O–H groups in total. The number of hydrogen-bond acceptors (Lipinski definition) is 2. The van der Waals surface area contributed by atoms with E-state index in [1.165, 1.54) is 48.6 Å². The molecule has 0 spiro atoms. The molecule has 6 rings (SSSR count). The molecule has 186 valence electrons. The van der Waals surface area contributed by atoms with Crippen LogP contribution in [0.2, 0.25) is 0 Å². The van der Waals surface area contributed by atoms with Gasteiger partial charge in [0.15, 0.2) is 0 Å². The van der Waals surface area contributed by atoms with E-state index in [9.17, 15) is 4.79 Å². The van der Waals surface area contributed by atoms with E-state index in [0.717, 1.165) is 33.2 Å². The van der Waals surface area contributed by atoms with Crippen LogP contribution in [0.1, 0.15) is 66.4 Å². The maximum absolute atomic E-state index is 12.4. The lowest BCUT2D eigenvalue weighted by Gasteiger charge is -2.29. The first-order valence-corrected chi connectivity index (χ1v) is 13.4. The van der Waals surface area contributed by atoms with Crippen LogP contribution < -0.4 is 5.73 Å². The lowest BCUT2D eigenvalue weighted by molar-refractivity contribution is 0.0998. The Balaban J connectivity index is 1.48. The number of pyridine rings is 1. The summed E-state index contributed by atoms with van der Waals surface area (Å²) in [4.78, 5) is 17.1. The van der Waals surface area contributed by atoms with Crippen LogP contribution in [-0.4, -0.2) is 15.5 Å². The van der Waals surface area contributed by atoms with E-state index in [-0.39, 0.29) is 5.91 Å². The summed E-state index contributed by atoms with van der Waals surface area (Å²) in [6.45, 7) is 4.44. The molecule has 0 saturated heterocycles. The van der Waals surface area contributed by atoms with Gasteiger partial charge in [-0.3, -0.25) is 9.78 Å². The van der Waals surface area contributed by atoms with Crippen LogP contribution in [0, 0.1) is 12.8 Å². The quantitative estimate of drug-likeness (QED) is 0.273. The molecule has 4 nitrogen and oxygen atoms in total. The predicted molar refractivity (Wildman–Crippen MR) is 152 cm³/mol. The molecule has 37 heavy (non-hydrogen) atoms. The Morgan fingerprint density at radius 1 is 1.00 bits per heavy atom. The Hall–Kier alpha value is -3.92. The van der Waals surface area contributed by atoms with E-state index >= 15 is 0 Å². The number of amides is 1. The molecule has 4 heteroatoms. The normalized spacial score (nSPS) is 15.3. The number of para-hydroxylation sites is 1. The van der Waals surface area contributed by atoms with Gasteiger partial charge < -0.3 is 10.3 Å². The molecule has 1 aliphatic rings. The molecule has 1 amide bonds. The molecular weight excluding hydrogens is 454 g/mol. The van der Waals surface area contributed by atoms with Gasteiger partial charge in [-0.15, -0.1) is 0 Å². The van der Waals surface area contributed by atoms with Crippen LogP contribution in [0.25, 0.3) is 38.6 Å². The van der Waals surface area contributed by atoms with Crippen LogP contribution in [0.3, 0.4) is 0 Å². The molecule has 0 bridgehead atoms. The van der Waals surface area contributed by atoms with Gasteiger partial charge in [-0.1, -0.05) is 56.5 Å². The fraction of sp³-hybridized carbons (Fsp3) is 0.273. The summed E-state index contributed by atoms with van der Waals surface area (Å²) < 4.78 is 2.25. The zero-order valence-corrected chi connectivity index (χ0v) is 21.6. The Kier molecular flexibility index (Phi) is 6.03. The number of carbonyl (C=O) groups excluding carboxylic acids is 1. The summed E-state index contributed by atoms with van der Waals surface area (Å²) in [5, 5.41) is 2.36. The predicted octanol–water partition coefficient (Wildman–Crippen LogP) is 7.94. The van der Waals surface area contributed by atoms with Crippen molar-refractivity contribution in [3.05, 3.63) is 95.8 Å². The number of hydrogen-bond donors (Lipinski definition) is 1. The highest BCUT2D eigenvalue weighted by Gasteiger charge is 2.25. The van der Waals surface area contributed by atoms with Crippen molar-refractivity contribution < 1.29 is 4.79 Å². The summed E-state index contributed by atoms with van der Waals surface area (Å²) in [6, 6.07) is 23.1. The minimum atomic E-state index is -0.344. The smallest absolute Gasteiger partial charge is 0.248 e. The number of aryl methyl sites for hydroxylation is 1. The highest BCUT2D eigenvalue weighted by Crippen LogP contribution is 2.39. The van der Waals surface area contributed by atoms with E-state index in [0.29, 0.717) is 17.4 Å². The topological polar surface area (TPSA) is 60.9 Å². The van der Waals surface area contributed by atoms with Gasteiger partial charge in [0.25, 0.3) is 0 Å². The third-order valence-corrected chi connectivity index (χ3v) is 8.35.